The molecule has 1 amide bonds. The maximum atomic E-state index is 12.3. The van der Waals surface area contributed by atoms with Gasteiger partial charge in [-0.15, -0.1) is 0 Å². The van der Waals surface area contributed by atoms with Crippen LogP contribution in [0.3, 0.4) is 0 Å². The number of nitriles is 1. The van der Waals surface area contributed by atoms with Gasteiger partial charge in [0.15, 0.2) is 0 Å². The highest BCUT2D eigenvalue weighted by Crippen LogP contribution is 2.33. The zero-order valence-electron chi connectivity index (χ0n) is 15.0. The topological polar surface area (TPSA) is 109 Å². The molecule has 0 aliphatic heterocycles. The van der Waals surface area contributed by atoms with E-state index in [4.69, 9.17) is 16.0 Å². The lowest BCUT2D eigenvalue weighted by Gasteiger charge is -2.04. The Balaban J connectivity index is 1.80. The van der Waals surface area contributed by atoms with E-state index in [0.717, 1.165) is 5.56 Å². The largest absolute Gasteiger partial charge is 0.456 e. The van der Waals surface area contributed by atoms with Crippen molar-refractivity contribution in [3.8, 4) is 17.4 Å². The van der Waals surface area contributed by atoms with E-state index in [2.05, 4.69) is 5.32 Å². The summed E-state index contributed by atoms with van der Waals surface area (Å²) in [6.07, 6.45) is 1.28. The molecule has 0 radical (unpaired) electrons. The number of carbonyl (C=O) groups is 1. The minimum absolute atomic E-state index is 0.146. The standard InChI is InChI=1S/C21H14ClN3O4/c22-16-6-8-18(19(11-16)25(27)28)20-9-7-17(29-20)10-15(12-23)21(26)24-13-14-4-2-1-3-5-14/h1-11H,13H2,(H,24,26)/b15-10-. The first kappa shape index (κ1) is 19.9. The second kappa shape index (κ2) is 8.87. The highest BCUT2D eigenvalue weighted by atomic mass is 35.5. The number of nitrogens with zero attached hydrogens (tertiary/aromatic N) is 2. The van der Waals surface area contributed by atoms with Gasteiger partial charge in [-0.05, 0) is 29.8 Å². The third kappa shape index (κ3) is 4.89. The van der Waals surface area contributed by atoms with Crippen molar-refractivity contribution in [3.63, 3.8) is 0 Å². The fourth-order valence-electron chi connectivity index (χ4n) is 2.60. The Kier molecular flexibility index (Phi) is 6.07. The van der Waals surface area contributed by atoms with E-state index in [1.807, 2.05) is 36.4 Å². The first-order valence-corrected chi connectivity index (χ1v) is 8.84. The second-order valence-corrected chi connectivity index (χ2v) is 6.40. The summed E-state index contributed by atoms with van der Waals surface area (Å²) in [4.78, 5) is 23.0. The Morgan fingerprint density at radius 3 is 2.66 bits per heavy atom. The van der Waals surface area contributed by atoms with Gasteiger partial charge in [0.25, 0.3) is 11.6 Å². The molecule has 0 spiro atoms. The number of amides is 1. The van der Waals surface area contributed by atoms with Crippen LogP contribution in [-0.2, 0) is 11.3 Å². The van der Waals surface area contributed by atoms with Crippen molar-refractivity contribution in [1.82, 2.24) is 5.32 Å². The molecule has 0 unspecified atom stereocenters. The molecule has 0 saturated carbocycles. The van der Waals surface area contributed by atoms with Crippen LogP contribution in [0.2, 0.25) is 5.02 Å². The van der Waals surface area contributed by atoms with Crippen LogP contribution >= 0.6 is 11.6 Å². The summed E-state index contributed by atoms with van der Waals surface area (Å²) in [6, 6.07) is 18.4. The molecule has 1 aromatic heterocycles. The number of rotatable bonds is 6. The van der Waals surface area contributed by atoms with Gasteiger partial charge >= 0.3 is 0 Å². The molecule has 0 aliphatic carbocycles. The third-order valence-corrected chi connectivity index (χ3v) is 4.23. The van der Waals surface area contributed by atoms with Crippen molar-refractivity contribution in [2.45, 2.75) is 6.54 Å². The molecule has 0 aliphatic rings. The van der Waals surface area contributed by atoms with Gasteiger partial charge in [0.2, 0.25) is 0 Å². The molecule has 0 fully saturated rings. The molecule has 1 heterocycles. The third-order valence-electron chi connectivity index (χ3n) is 4.00. The van der Waals surface area contributed by atoms with Gasteiger partial charge < -0.3 is 9.73 Å². The van der Waals surface area contributed by atoms with Crippen molar-refractivity contribution in [2.75, 3.05) is 0 Å². The Hall–Kier alpha value is -3.89. The van der Waals surface area contributed by atoms with Crippen molar-refractivity contribution >= 4 is 29.3 Å². The molecule has 3 rings (SSSR count). The Bertz CT molecular complexity index is 1130. The Morgan fingerprint density at radius 2 is 1.97 bits per heavy atom. The molecule has 8 heteroatoms. The van der Waals surface area contributed by atoms with E-state index in [-0.39, 0.29) is 39.9 Å². The zero-order chi connectivity index (χ0) is 20.8. The predicted molar refractivity (Wildman–Crippen MR) is 108 cm³/mol. The predicted octanol–water partition coefficient (Wildman–Crippen LogP) is 4.73. The van der Waals surface area contributed by atoms with Gasteiger partial charge in [-0.3, -0.25) is 14.9 Å². The van der Waals surface area contributed by atoms with Gasteiger partial charge in [-0.25, -0.2) is 0 Å². The average Bonchev–Trinajstić information content (AvgIpc) is 3.19. The van der Waals surface area contributed by atoms with Crippen LogP contribution in [0.15, 0.2) is 70.7 Å². The van der Waals surface area contributed by atoms with Crippen LogP contribution in [0.25, 0.3) is 17.4 Å². The van der Waals surface area contributed by atoms with Crippen LogP contribution < -0.4 is 5.32 Å². The lowest BCUT2D eigenvalue weighted by molar-refractivity contribution is -0.384. The molecule has 0 atom stereocenters. The quantitative estimate of drug-likeness (QED) is 0.275. The lowest BCUT2D eigenvalue weighted by Crippen LogP contribution is -2.23. The van der Waals surface area contributed by atoms with Crippen LogP contribution in [0.5, 0.6) is 0 Å². The fraction of sp³-hybridized carbons (Fsp3) is 0.0476. The van der Waals surface area contributed by atoms with E-state index >= 15 is 0 Å². The number of halogens is 1. The number of nitrogens with one attached hydrogen (secondary N) is 1. The van der Waals surface area contributed by atoms with Crippen LogP contribution in [0, 0.1) is 21.4 Å². The smallest absolute Gasteiger partial charge is 0.281 e. The molecule has 144 valence electrons. The van der Waals surface area contributed by atoms with E-state index < -0.39 is 10.8 Å². The van der Waals surface area contributed by atoms with Crippen LogP contribution in [0.4, 0.5) is 5.69 Å². The van der Waals surface area contributed by atoms with E-state index in [1.54, 1.807) is 0 Å². The number of hydrogen-bond acceptors (Lipinski definition) is 5. The molecule has 0 bridgehead atoms. The molecular formula is C21H14ClN3O4. The Morgan fingerprint density at radius 1 is 1.21 bits per heavy atom. The average molecular weight is 408 g/mol. The van der Waals surface area contributed by atoms with E-state index in [1.165, 1.54) is 36.4 Å². The highest BCUT2D eigenvalue weighted by molar-refractivity contribution is 6.30. The van der Waals surface area contributed by atoms with Crippen molar-refractivity contribution < 1.29 is 14.1 Å². The number of nitro groups is 1. The number of nitro benzene ring substituents is 1. The normalized spacial score (nSPS) is 11.0. The summed E-state index contributed by atoms with van der Waals surface area (Å²) in [5, 5.41) is 23.4. The molecular weight excluding hydrogens is 394 g/mol. The monoisotopic (exact) mass is 407 g/mol. The SMILES string of the molecule is N#C/C(=C/c1ccc(-c2ccc(Cl)cc2[N+](=O)[O-])o1)C(=O)NCc1ccccc1. The van der Waals surface area contributed by atoms with E-state index in [0.29, 0.717) is 0 Å². The summed E-state index contributed by atoms with van der Waals surface area (Å²) in [6.45, 7) is 0.277. The molecule has 3 aromatic rings. The van der Waals surface area contributed by atoms with Gasteiger partial charge in [0, 0.05) is 23.7 Å². The fourth-order valence-corrected chi connectivity index (χ4v) is 2.77. The van der Waals surface area contributed by atoms with Crippen molar-refractivity contribution in [3.05, 3.63) is 92.7 Å². The first-order chi connectivity index (χ1) is 14.0. The lowest BCUT2D eigenvalue weighted by atomic mass is 10.1. The summed E-state index contributed by atoms with van der Waals surface area (Å²) in [5.74, 6) is -0.107. The Labute approximate surface area is 171 Å². The zero-order valence-corrected chi connectivity index (χ0v) is 15.7. The number of furan rings is 1. The van der Waals surface area contributed by atoms with Gasteiger partial charge in [-0.2, -0.15) is 5.26 Å². The molecule has 0 saturated heterocycles. The molecule has 7 nitrogen and oxygen atoms in total. The summed E-state index contributed by atoms with van der Waals surface area (Å²) in [7, 11) is 0. The molecule has 2 aromatic carbocycles. The van der Waals surface area contributed by atoms with E-state index in [9.17, 15) is 20.2 Å². The maximum Gasteiger partial charge on any atom is 0.281 e. The molecule has 29 heavy (non-hydrogen) atoms. The summed E-state index contributed by atoms with van der Waals surface area (Å²) >= 11 is 5.82. The number of hydrogen-bond donors (Lipinski definition) is 1. The molecule has 1 N–H and O–H groups in total. The number of carbonyl (C=O) groups excluding carboxylic acids is 1. The minimum Gasteiger partial charge on any atom is -0.456 e. The summed E-state index contributed by atoms with van der Waals surface area (Å²) < 4.78 is 5.59. The van der Waals surface area contributed by atoms with Crippen LogP contribution in [-0.4, -0.2) is 10.8 Å². The van der Waals surface area contributed by atoms with Gasteiger partial charge in [0.1, 0.15) is 23.2 Å². The number of benzene rings is 2. The summed E-state index contributed by atoms with van der Waals surface area (Å²) in [5.41, 5.74) is 0.787. The maximum absolute atomic E-state index is 12.3. The highest BCUT2D eigenvalue weighted by Gasteiger charge is 2.19. The minimum atomic E-state index is -0.559. The first-order valence-electron chi connectivity index (χ1n) is 8.46. The van der Waals surface area contributed by atoms with Gasteiger partial charge in [0.05, 0.1) is 10.5 Å². The second-order valence-electron chi connectivity index (χ2n) is 5.96. The van der Waals surface area contributed by atoms with Crippen LogP contribution in [0.1, 0.15) is 11.3 Å². The van der Waals surface area contributed by atoms with Crippen molar-refractivity contribution in [2.24, 2.45) is 0 Å². The van der Waals surface area contributed by atoms with Crippen molar-refractivity contribution in [1.29, 1.82) is 5.26 Å². The van der Waals surface area contributed by atoms with Gasteiger partial charge in [-0.1, -0.05) is 41.9 Å².